The molecule has 6 heteroatoms. The summed E-state index contributed by atoms with van der Waals surface area (Å²) >= 11 is 6.02. The van der Waals surface area contributed by atoms with Gasteiger partial charge in [-0.3, -0.25) is 4.79 Å². The highest BCUT2D eigenvalue weighted by Gasteiger charge is 2.34. The Hall–Kier alpha value is -1.75. The van der Waals surface area contributed by atoms with Crippen molar-refractivity contribution in [2.24, 2.45) is 5.92 Å². The van der Waals surface area contributed by atoms with Gasteiger partial charge >= 0.3 is 0 Å². The molecule has 1 atom stereocenters. The Morgan fingerprint density at radius 1 is 1.36 bits per heavy atom. The predicted molar refractivity (Wildman–Crippen MR) is 99.0 cm³/mol. The summed E-state index contributed by atoms with van der Waals surface area (Å²) in [6.45, 7) is 3.69. The Morgan fingerprint density at radius 2 is 2.16 bits per heavy atom. The molecular weight excluding hydrogens is 338 g/mol. The molecule has 1 aromatic heterocycles. The molecule has 1 aliphatic heterocycles. The van der Waals surface area contributed by atoms with Gasteiger partial charge in [-0.2, -0.15) is 4.98 Å². The highest BCUT2D eigenvalue weighted by Crippen LogP contribution is 2.31. The molecule has 0 spiro atoms. The fourth-order valence-corrected chi connectivity index (χ4v) is 4.23. The van der Waals surface area contributed by atoms with Crippen LogP contribution in [0.2, 0.25) is 5.02 Å². The summed E-state index contributed by atoms with van der Waals surface area (Å²) in [7, 11) is 0. The molecule has 1 N–H and O–H groups in total. The van der Waals surface area contributed by atoms with Crippen LogP contribution in [0.15, 0.2) is 22.6 Å². The highest BCUT2D eigenvalue weighted by molar-refractivity contribution is 6.31. The number of hydrogen-bond donors (Lipinski definition) is 1. The Labute approximate surface area is 152 Å². The third kappa shape index (κ3) is 3.47. The van der Waals surface area contributed by atoms with Gasteiger partial charge in [0.25, 0.3) is 6.01 Å². The summed E-state index contributed by atoms with van der Waals surface area (Å²) in [6.07, 6.45) is 6.47. The van der Waals surface area contributed by atoms with Gasteiger partial charge in [0.2, 0.25) is 5.91 Å². The van der Waals surface area contributed by atoms with E-state index in [2.05, 4.69) is 22.1 Å². The minimum absolute atomic E-state index is 0.00947. The van der Waals surface area contributed by atoms with Crippen LogP contribution in [0.5, 0.6) is 0 Å². The average molecular weight is 362 g/mol. The first kappa shape index (κ1) is 16.7. The fourth-order valence-electron chi connectivity index (χ4n) is 4.07. The number of oxazole rings is 1. The van der Waals surface area contributed by atoms with E-state index in [0.29, 0.717) is 17.6 Å². The van der Waals surface area contributed by atoms with Gasteiger partial charge in [0.1, 0.15) is 5.52 Å². The minimum atomic E-state index is -0.0201. The number of halogens is 1. The van der Waals surface area contributed by atoms with Crippen LogP contribution in [0.3, 0.4) is 0 Å². The van der Waals surface area contributed by atoms with E-state index in [1.807, 2.05) is 6.07 Å². The summed E-state index contributed by atoms with van der Waals surface area (Å²) in [5, 5.41) is 3.94. The Bertz CT molecular complexity index is 782. The lowest BCUT2D eigenvalue weighted by Crippen LogP contribution is -2.50. The molecular formula is C19H24ClN3O2. The Balaban J connectivity index is 1.47. The zero-order chi connectivity index (χ0) is 17.4. The van der Waals surface area contributed by atoms with Gasteiger partial charge in [0.15, 0.2) is 5.58 Å². The molecule has 1 amide bonds. The van der Waals surface area contributed by atoms with E-state index in [4.69, 9.17) is 16.0 Å². The maximum Gasteiger partial charge on any atom is 0.298 e. The predicted octanol–water partition coefficient (Wildman–Crippen LogP) is 4.15. The van der Waals surface area contributed by atoms with E-state index < -0.39 is 0 Å². The van der Waals surface area contributed by atoms with Gasteiger partial charge < -0.3 is 14.6 Å². The van der Waals surface area contributed by atoms with Gasteiger partial charge in [-0.15, -0.1) is 0 Å². The van der Waals surface area contributed by atoms with Crippen molar-refractivity contribution in [2.45, 2.75) is 51.0 Å². The number of carbonyl (C=O) groups is 1. The van der Waals surface area contributed by atoms with E-state index in [1.54, 1.807) is 12.1 Å². The van der Waals surface area contributed by atoms with Gasteiger partial charge in [-0.05, 0) is 50.8 Å². The van der Waals surface area contributed by atoms with Crippen molar-refractivity contribution in [3.05, 3.63) is 23.2 Å². The number of rotatable bonds is 3. The number of anilines is 1. The molecule has 0 bridgehead atoms. The molecule has 2 fully saturated rings. The molecule has 134 valence electrons. The third-order valence-electron chi connectivity index (χ3n) is 5.53. The average Bonchev–Trinajstić information content (AvgIpc) is 3.21. The second-order valence-corrected chi connectivity index (χ2v) is 8.09. The van der Waals surface area contributed by atoms with Crippen LogP contribution in [-0.2, 0) is 4.79 Å². The van der Waals surface area contributed by atoms with Gasteiger partial charge in [-0.1, -0.05) is 24.4 Å². The van der Waals surface area contributed by atoms with Crippen LogP contribution < -0.4 is 10.2 Å². The molecule has 1 saturated heterocycles. The van der Waals surface area contributed by atoms with Crippen LogP contribution in [0.1, 0.15) is 45.4 Å². The number of amides is 1. The highest BCUT2D eigenvalue weighted by atomic mass is 35.5. The molecule has 1 saturated carbocycles. The summed E-state index contributed by atoms with van der Waals surface area (Å²) in [5.41, 5.74) is 1.46. The molecule has 4 rings (SSSR count). The van der Waals surface area contributed by atoms with E-state index >= 15 is 0 Å². The van der Waals surface area contributed by atoms with Crippen molar-refractivity contribution in [2.75, 3.05) is 18.0 Å². The molecule has 2 aliphatic rings. The number of nitrogens with one attached hydrogen (secondary N) is 1. The first-order valence-corrected chi connectivity index (χ1v) is 9.53. The number of carbonyl (C=O) groups excluding carboxylic acids is 1. The summed E-state index contributed by atoms with van der Waals surface area (Å²) in [6, 6.07) is 6.03. The Kier molecular flexibility index (Phi) is 4.36. The van der Waals surface area contributed by atoms with E-state index in [-0.39, 0.29) is 17.4 Å². The smallest absolute Gasteiger partial charge is 0.298 e. The second-order valence-electron chi connectivity index (χ2n) is 7.65. The normalized spacial score (nSPS) is 23.1. The first-order valence-electron chi connectivity index (χ1n) is 9.15. The SMILES string of the molecule is CC1(NC(=O)C2CCCN(c3nc4cc(Cl)ccc4o3)C2)CCCC1. The number of piperidine rings is 1. The third-order valence-corrected chi connectivity index (χ3v) is 5.77. The summed E-state index contributed by atoms with van der Waals surface area (Å²) in [5.74, 6) is 0.165. The molecule has 1 aliphatic carbocycles. The standard InChI is InChI=1S/C19H24ClN3O2/c1-19(8-2-3-9-19)22-17(24)13-5-4-10-23(12-13)18-21-15-11-14(20)6-7-16(15)25-18/h6-7,11,13H,2-5,8-10,12H2,1H3,(H,22,24). The van der Waals surface area contributed by atoms with Crippen LogP contribution >= 0.6 is 11.6 Å². The van der Waals surface area contributed by atoms with Crippen LogP contribution in [0.4, 0.5) is 6.01 Å². The molecule has 2 heterocycles. The number of benzene rings is 1. The monoisotopic (exact) mass is 361 g/mol. The van der Waals surface area contributed by atoms with Crippen LogP contribution in [0.25, 0.3) is 11.1 Å². The quantitative estimate of drug-likeness (QED) is 0.892. The second kappa shape index (κ2) is 6.52. The zero-order valence-electron chi connectivity index (χ0n) is 14.6. The van der Waals surface area contributed by atoms with Crippen molar-refractivity contribution in [3.63, 3.8) is 0 Å². The van der Waals surface area contributed by atoms with Gasteiger partial charge in [0.05, 0.1) is 5.92 Å². The molecule has 0 radical (unpaired) electrons. The van der Waals surface area contributed by atoms with Crippen LogP contribution in [0, 0.1) is 5.92 Å². The number of aromatic nitrogens is 1. The van der Waals surface area contributed by atoms with E-state index in [1.165, 1.54) is 12.8 Å². The van der Waals surface area contributed by atoms with Crippen molar-refractivity contribution < 1.29 is 9.21 Å². The maximum absolute atomic E-state index is 12.7. The lowest BCUT2D eigenvalue weighted by atomic mass is 9.94. The lowest BCUT2D eigenvalue weighted by Gasteiger charge is -2.33. The van der Waals surface area contributed by atoms with Crippen molar-refractivity contribution >= 4 is 34.6 Å². The van der Waals surface area contributed by atoms with Gasteiger partial charge in [0, 0.05) is 23.7 Å². The molecule has 2 aromatic rings. The van der Waals surface area contributed by atoms with Crippen LogP contribution in [-0.4, -0.2) is 29.5 Å². The van der Waals surface area contributed by atoms with Crippen molar-refractivity contribution in [1.82, 2.24) is 10.3 Å². The number of fused-ring (bicyclic) bond motifs is 1. The lowest BCUT2D eigenvalue weighted by molar-refractivity contribution is -0.127. The fraction of sp³-hybridized carbons (Fsp3) is 0.579. The molecule has 25 heavy (non-hydrogen) atoms. The Morgan fingerprint density at radius 3 is 2.96 bits per heavy atom. The molecule has 1 unspecified atom stereocenters. The van der Waals surface area contributed by atoms with E-state index in [0.717, 1.165) is 43.3 Å². The van der Waals surface area contributed by atoms with Crippen molar-refractivity contribution in [1.29, 1.82) is 0 Å². The molecule has 1 aromatic carbocycles. The van der Waals surface area contributed by atoms with E-state index in [9.17, 15) is 4.79 Å². The van der Waals surface area contributed by atoms with Crippen molar-refractivity contribution in [3.8, 4) is 0 Å². The molecule has 5 nitrogen and oxygen atoms in total. The largest absolute Gasteiger partial charge is 0.423 e. The maximum atomic E-state index is 12.7. The topological polar surface area (TPSA) is 58.4 Å². The summed E-state index contributed by atoms with van der Waals surface area (Å²) < 4.78 is 5.87. The zero-order valence-corrected chi connectivity index (χ0v) is 15.3. The number of hydrogen-bond acceptors (Lipinski definition) is 4. The first-order chi connectivity index (χ1) is 12.0. The minimum Gasteiger partial charge on any atom is -0.423 e. The summed E-state index contributed by atoms with van der Waals surface area (Å²) in [4.78, 5) is 19.4. The number of nitrogens with zero attached hydrogens (tertiary/aromatic N) is 2. The van der Waals surface area contributed by atoms with Gasteiger partial charge in [-0.25, -0.2) is 0 Å².